The number of aromatic nitrogens is 1. The molecule has 3 aliphatic heterocycles. The van der Waals surface area contributed by atoms with Crippen molar-refractivity contribution in [2.75, 3.05) is 18.1 Å². The second kappa shape index (κ2) is 7.95. The Morgan fingerprint density at radius 2 is 2.03 bits per heavy atom. The Morgan fingerprint density at radius 3 is 2.76 bits per heavy atom. The molecule has 5 rings (SSSR count). The Hall–Kier alpha value is -3.27. The largest absolute Gasteiger partial charge is 0.502 e. The number of amides is 1. The van der Waals surface area contributed by atoms with E-state index in [4.69, 9.17) is 4.74 Å². The van der Waals surface area contributed by atoms with Crippen molar-refractivity contribution >= 4 is 11.7 Å². The van der Waals surface area contributed by atoms with E-state index in [1.165, 1.54) is 16.9 Å². The van der Waals surface area contributed by atoms with Crippen LogP contribution in [0.3, 0.4) is 0 Å². The quantitative estimate of drug-likeness (QED) is 0.688. The van der Waals surface area contributed by atoms with E-state index in [-0.39, 0.29) is 41.9 Å². The number of rotatable bonds is 5. The summed E-state index contributed by atoms with van der Waals surface area (Å²) >= 11 is 0. The zero-order valence-corrected chi connectivity index (χ0v) is 18.0. The molecule has 1 aromatic carbocycles. The molecule has 1 N–H and O–H groups in total. The summed E-state index contributed by atoms with van der Waals surface area (Å²) in [5.41, 5.74) is -1.26. The van der Waals surface area contributed by atoms with Crippen molar-refractivity contribution < 1.29 is 28.2 Å². The van der Waals surface area contributed by atoms with Crippen LogP contribution in [-0.2, 0) is 11.2 Å². The third kappa shape index (κ3) is 3.40. The monoisotopic (exact) mass is 459 g/mol. The van der Waals surface area contributed by atoms with Crippen molar-refractivity contribution in [3.63, 3.8) is 0 Å². The van der Waals surface area contributed by atoms with Crippen molar-refractivity contribution in [1.82, 2.24) is 9.58 Å². The molecule has 0 spiro atoms. The number of carbonyl (C=O) groups is 2. The number of nitrogens with zero attached hydrogens (tertiary/aromatic N) is 3. The standard InChI is InChI=1S/C23H23F2N3O5/c1-2-26-22-18-8-6-14(33-18)10-28(22)27-11-15(20(30)21(31)19(27)23(26)32)17(29)7-4-12-3-5-13(24)9-16(12)25/h3,5,9,11,14,18,22,31H,2,4,6-8,10H2,1H3/t14-,18+,22-/m0/s1. The zero-order chi connectivity index (χ0) is 23.4. The van der Waals surface area contributed by atoms with Crippen LogP contribution in [0.15, 0.2) is 29.2 Å². The number of ether oxygens (including phenoxy) is 1. The number of halogens is 2. The first-order valence-electron chi connectivity index (χ1n) is 11.0. The number of hydrogen-bond donors (Lipinski definition) is 1. The molecule has 8 nitrogen and oxygen atoms in total. The van der Waals surface area contributed by atoms with Crippen LogP contribution in [0.1, 0.15) is 52.6 Å². The first kappa shape index (κ1) is 21.6. The number of ketones is 1. The first-order valence-corrected chi connectivity index (χ1v) is 11.0. The highest BCUT2D eigenvalue weighted by Gasteiger charge is 2.50. The molecule has 0 radical (unpaired) electrons. The van der Waals surface area contributed by atoms with E-state index >= 15 is 0 Å². The number of Topliss-reactive ketones (excluding diaryl/α,β-unsaturated/α-hetero) is 1. The van der Waals surface area contributed by atoms with Gasteiger partial charge >= 0.3 is 0 Å². The molecule has 174 valence electrons. The Bertz CT molecular complexity index is 1210. The Morgan fingerprint density at radius 1 is 1.24 bits per heavy atom. The third-order valence-electron chi connectivity index (χ3n) is 6.67. The number of hydrogen-bond acceptors (Lipinski definition) is 6. The van der Waals surface area contributed by atoms with Gasteiger partial charge in [-0.2, -0.15) is 0 Å². The van der Waals surface area contributed by atoms with Gasteiger partial charge in [0.05, 0.1) is 24.3 Å². The number of aryl methyl sites for hydroxylation is 1. The van der Waals surface area contributed by atoms with Crippen LogP contribution in [0.5, 0.6) is 5.75 Å². The maximum Gasteiger partial charge on any atom is 0.278 e. The minimum absolute atomic E-state index is 0.0419. The summed E-state index contributed by atoms with van der Waals surface area (Å²) in [6.45, 7) is 2.62. The average Bonchev–Trinajstić information content (AvgIpc) is 3.17. The molecule has 0 saturated carbocycles. The number of benzene rings is 1. The molecular weight excluding hydrogens is 436 g/mol. The van der Waals surface area contributed by atoms with Gasteiger partial charge in [-0.05, 0) is 37.8 Å². The van der Waals surface area contributed by atoms with Gasteiger partial charge in [0.25, 0.3) is 5.91 Å². The van der Waals surface area contributed by atoms with Gasteiger partial charge in [0.15, 0.2) is 17.2 Å². The minimum Gasteiger partial charge on any atom is -0.502 e. The van der Waals surface area contributed by atoms with Crippen molar-refractivity contribution in [3.8, 4) is 5.75 Å². The van der Waals surface area contributed by atoms with E-state index in [1.807, 2.05) is 11.9 Å². The van der Waals surface area contributed by atoms with Crippen molar-refractivity contribution in [1.29, 1.82) is 0 Å². The lowest BCUT2D eigenvalue weighted by Crippen LogP contribution is -2.68. The highest BCUT2D eigenvalue weighted by atomic mass is 19.1. The van der Waals surface area contributed by atoms with Gasteiger partial charge in [-0.1, -0.05) is 6.07 Å². The zero-order valence-electron chi connectivity index (χ0n) is 18.0. The highest BCUT2D eigenvalue weighted by Crippen LogP contribution is 2.36. The summed E-state index contributed by atoms with van der Waals surface area (Å²) in [5, 5.41) is 12.5. The topological polar surface area (TPSA) is 92.1 Å². The van der Waals surface area contributed by atoms with Gasteiger partial charge in [-0.3, -0.25) is 24.1 Å². The summed E-state index contributed by atoms with van der Waals surface area (Å²) in [5.74, 6) is -3.39. The van der Waals surface area contributed by atoms with Crippen molar-refractivity contribution in [2.24, 2.45) is 0 Å². The van der Waals surface area contributed by atoms with Crippen LogP contribution in [0.2, 0.25) is 0 Å². The molecule has 3 atom stereocenters. The van der Waals surface area contributed by atoms with Gasteiger partial charge < -0.3 is 14.7 Å². The Labute approximate surface area is 187 Å². The van der Waals surface area contributed by atoms with Gasteiger partial charge in [0.1, 0.15) is 17.8 Å². The van der Waals surface area contributed by atoms with Crippen LogP contribution in [0, 0.1) is 11.6 Å². The average molecular weight is 459 g/mol. The molecule has 33 heavy (non-hydrogen) atoms. The fourth-order valence-corrected chi connectivity index (χ4v) is 5.06. The van der Waals surface area contributed by atoms with Crippen molar-refractivity contribution in [2.45, 2.75) is 51.0 Å². The number of aromatic hydroxyl groups is 1. The number of pyridine rings is 1. The lowest BCUT2D eigenvalue weighted by molar-refractivity contribution is -0.0524. The third-order valence-corrected chi connectivity index (χ3v) is 6.67. The molecule has 2 bridgehead atoms. The Balaban J connectivity index is 1.51. The SMILES string of the molecule is CCN1C(=O)c2c(O)c(=O)c(C(=O)CCc3ccc(F)cc3F)cn2N2C[C@@H]3CC[C@@H](O3)[C@@H]12. The molecule has 2 fully saturated rings. The van der Waals surface area contributed by atoms with Gasteiger partial charge in [0, 0.05) is 25.2 Å². The van der Waals surface area contributed by atoms with Crippen LogP contribution < -0.4 is 10.4 Å². The lowest BCUT2D eigenvalue weighted by Gasteiger charge is -2.51. The molecule has 4 heterocycles. The predicted molar refractivity (Wildman–Crippen MR) is 113 cm³/mol. The summed E-state index contributed by atoms with van der Waals surface area (Å²) in [7, 11) is 0. The minimum atomic E-state index is -0.940. The van der Waals surface area contributed by atoms with Gasteiger partial charge in [-0.25, -0.2) is 8.78 Å². The van der Waals surface area contributed by atoms with E-state index in [2.05, 4.69) is 0 Å². The van der Waals surface area contributed by atoms with Crippen LogP contribution in [0.4, 0.5) is 8.78 Å². The first-order chi connectivity index (χ1) is 15.8. The van der Waals surface area contributed by atoms with E-state index in [1.54, 1.807) is 4.90 Å². The highest BCUT2D eigenvalue weighted by molar-refractivity contribution is 6.00. The molecule has 0 aliphatic carbocycles. The summed E-state index contributed by atoms with van der Waals surface area (Å²) in [6, 6.07) is 3.08. The molecule has 2 saturated heterocycles. The molecule has 10 heteroatoms. The van der Waals surface area contributed by atoms with E-state index in [0.717, 1.165) is 25.0 Å². The maximum atomic E-state index is 13.9. The molecule has 1 amide bonds. The van der Waals surface area contributed by atoms with E-state index in [0.29, 0.717) is 13.1 Å². The summed E-state index contributed by atoms with van der Waals surface area (Å²) in [6.07, 6.45) is 1.99. The number of likely N-dealkylation sites (N-methyl/N-ethyl adjacent to an activating group) is 1. The fraction of sp³-hybridized carbons (Fsp3) is 0.435. The smallest absolute Gasteiger partial charge is 0.278 e. The molecule has 1 aromatic heterocycles. The normalized spacial score (nSPS) is 23.5. The van der Waals surface area contributed by atoms with Crippen molar-refractivity contribution in [3.05, 3.63) is 63.1 Å². The number of fused-ring (bicyclic) bond motifs is 6. The number of morpholine rings is 1. The summed E-state index contributed by atoms with van der Waals surface area (Å²) < 4.78 is 34.5. The van der Waals surface area contributed by atoms with E-state index in [9.17, 15) is 28.3 Å². The molecule has 2 aromatic rings. The fourth-order valence-electron chi connectivity index (χ4n) is 5.06. The lowest BCUT2D eigenvalue weighted by atomic mass is 10.0. The van der Waals surface area contributed by atoms with E-state index < -0.39 is 40.7 Å². The second-order valence-electron chi connectivity index (χ2n) is 8.57. The Kier molecular flexibility index (Phi) is 5.19. The molecule has 3 aliphatic rings. The maximum absolute atomic E-state index is 13.9. The molecule has 0 unspecified atom stereocenters. The summed E-state index contributed by atoms with van der Waals surface area (Å²) in [4.78, 5) is 40.5. The predicted octanol–water partition coefficient (Wildman–Crippen LogP) is 1.95. The second-order valence-corrected chi connectivity index (χ2v) is 8.57. The molecular formula is C23H23F2N3O5. The van der Waals surface area contributed by atoms with Crippen LogP contribution in [0.25, 0.3) is 0 Å². The van der Waals surface area contributed by atoms with Gasteiger partial charge in [-0.15, -0.1) is 0 Å². The number of carbonyl (C=O) groups excluding carboxylic acids is 2. The van der Waals surface area contributed by atoms with Gasteiger partial charge in [0.2, 0.25) is 5.43 Å². The van der Waals surface area contributed by atoms with Crippen LogP contribution in [-0.4, -0.2) is 57.8 Å². The van der Waals surface area contributed by atoms with Crippen LogP contribution >= 0.6 is 0 Å².